The van der Waals surface area contributed by atoms with Crippen LogP contribution in [0.25, 0.3) is 0 Å². The second-order valence-electron chi connectivity index (χ2n) is 4.15. The molecule has 2 heterocycles. The van der Waals surface area contributed by atoms with Crippen LogP contribution >= 0.6 is 11.5 Å². The average molecular weight is 226 g/mol. The van der Waals surface area contributed by atoms with Gasteiger partial charge in [-0.1, -0.05) is 18.3 Å². The summed E-state index contributed by atoms with van der Waals surface area (Å²) in [6, 6.07) is 0. The SMILES string of the molecule is CC1CN(c2snnc2C(N)=O)CC1C. The van der Waals surface area contributed by atoms with Gasteiger partial charge in [-0.15, -0.1) is 5.10 Å². The Labute approximate surface area is 92.4 Å². The highest BCUT2D eigenvalue weighted by Gasteiger charge is 2.30. The van der Waals surface area contributed by atoms with Gasteiger partial charge < -0.3 is 10.6 Å². The van der Waals surface area contributed by atoms with Gasteiger partial charge >= 0.3 is 0 Å². The third kappa shape index (κ3) is 1.81. The number of rotatable bonds is 2. The molecular formula is C9H14N4OS. The Kier molecular flexibility index (Phi) is 2.60. The van der Waals surface area contributed by atoms with E-state index in [4.69, 9.17) is 5.73 Å². The number of hydrogen-bond donors (Lipinski definition) is 1. The minimum absolute atomic E-state index is 0.307. The van der Waals surface area contributed by atoms with Crippen molar-refractivity contribution in [2.24, 2.45) is 17.6 Å². The molecule has 0 radical (unpaired) electrons. The van der Waals surface area contributed by atoms with Crippen LogP contribution in [0.1, 0.15) is 24.3 Å². The molecule has 1 aromatic heterocycles. The summed E-state index contributed by atoms with van der Waals surface area (Å²) in [7, 11) is 0. The summed E-state index contributed by atoms with van der Waals surface area (Å²) in [5, 5.41) is 4.58. The number of anilines is 1. The van der Waals surface area contributed by atoms with Crippen LogP contribution in [-0.2, 0) is 0 Å². The van der Waals surface area contributed by atoms with E-state index in [-0.39, 0.29) is 0 Å². The van der Waals surface area contributed by atoms with Crippen LogP contribution in [-0.4, -0.2) is 28.6 Å². The maximum atomic E-state index is 11.1. The predicted octanol–water partition coefficient (Wildman–Crippen LogP) is 0.729. The van der Waals surface area contributed by atoms with Crippen molar-refractivity contribution in [1.29, 1.82) is 0 Å². The third-order valence-corrected chi connectivity index (χ3v) is 3.77. The molecule has 0 spiro atoms. The minimum atomic E-state index is -0.494. The zero-order chi connectivity index (χ0) is 11.0. The Morgan fingerprint density at radius 1 is 1.47 bits per heavy atom. The zero-order valence-electron chi connectivity index (χ0n) is 8.80. The molecule has 1 saturated heterocycles. The van der Waals surface area contributed by atoms with Gasteiger partial charge in [0.2, 0.25) is 0 Å². The highest BCUT2D eigenvalue weighted by atomic mass is 32.1. The summed E-state index contributed by atoms with van der Waals surface area (Å²) in [4.78, 5) is 13.3. The van der Waals surface area contributed by atoms with Gasteiger partial charge in [0.05, 0.1) is 0 Å². The van der Waals surface area contributed by atoms with Crippen LogP contribution in [0.15, 0.2) is 0 Å². The summed E-state index contributed by atoms with van der Waals surface area (Å²) in [6.45, 7) is 6.32. The number of carbonyl (C=O) groups is 1. The second kappa shape index (κ2) is 3.77. The number of nitrogens with two attached hydrogens (primary N) is 1. The number of aromatic nitrogens is 2. The van der Waals surface area contributed by atoms with Crippen molar-refractivity contribution in [3.63, 3.8) is 0 Å². The second-order valence-corrected chi connectivity index (χ2v) is 4.88. The quantitative estimate of drug-likeness (QED) is 0.807. The van der Waals surface area contributed by atoms with Crippen LogP contribution in [0, 0.1) is 11.8 Å². The molecule has 82 valence electrons. The van der Waals surface area contributed by atoms with Crippen LogP contribution in [0.4, 0.5) is 5.00 Å². The van der Waals surface area contributed by atoms with E-state index in [1.807, 2.05) is 0 Å². The topological polar surface area (TPSA) is 72.1 Å². The summed E-state index contributed by atoms with van der Waals surface area (Å²) in [5.41, 5.74) is 5.54. The number of hydrogen-bond acceptors (Lipinski definition) is 5. The third-order valence-electron chi connectivity index (χ3n) is 2.98. The molecule has 2 N–H and O–H groups in total. The Morgan fingerprint density at radius 2 is 2.07 bits per heavy atom. The van der Waals surface area contributed by atoms with E-state index in [2.05, 4.69) is 28.3 Å². The van der Waals surface area contributed by atoms with Gasteiger partial charge in [-0.3, -0.25) is 4.79 Å². The first-order valence-electron chi connectivity index (χ1n) is 4.96. The molecule has 2 rings (SSSR count). The van der Waals surface area contributed by atoms with Crippen LogP contribution < -0.4 is 10.6 Å². The van der Waals surface area contributed by atoms with Gasteiger partial charge in [-0.2, -0.15) is 0 Å². The van der Waals surface area contributed by atoms with Gasteiger partial charge in [-0.05, 0) is 11.8 Å². The fourth-order valence-electron chi connectivity index (χ4n) is 1.84. The molecule has 0 aromatic carbocycles. The van der Waals surface area contributed by atoms with Crippen molar-refractivity contribution in [1.82, 2.24) is 9.59 Å². The van der Waals surface area contributed by atoms with Crippen molar-refractivity contribution in [3.05, 3.63) is 5.69 Å². The molecule has 1 aromatic rings. The summed E-state index contributed by atoms with van der Waals surface area (Å²) in [6.07, 6.45) is 0. The average Bonchev–Trinajstić information content (AvgIpc) is 2.73. The van der Waals surface area contributed by atoms with E-state index in [0.717, 1.165) is 18.1 Å². The molecule has 1 amide bonds. The van der Waals surface area contributed by atoms with E-state index in [0.29, 0.717) is 17.5 Å². The van der Waals surface area contributed by atoms with E-state index in [1.54, 1.807) is 0 Å². The highest BCUT2D eigenvalue weighted by Crippen LogP contribution is 2.31. The van der Waals surface area contributed by atoms with Crippen molar-refractivity contribution in [3.8, 4) is 0 Å². The molecular weight excluding hydrogens is 212 g/mol. The first kappa shape index (κ1) is 10.4. The highest BCUT2D eigenvalue weighted by molar-refractivity contribution is 7.10. The Morgan fingerprint density at radius 3 is 2.60 bits per heavy atom. The van der Waals surface area contributed by atoms with Crippen LogP contribution in [0.5, 0.6) is 0 Å². The largest absolute Gasteiger partial charge is 0.364 e. The van der Waals surface area contributed by atoms with E-state index >= 15 is 0 Å². The summed E-state index contributed by atoms with van der Waals surface area (Å²) in [5.74, 6) is 0.770. The molecule has 1 aliphatic heterocycles. The van der Waals surface area contributed by atoms with E-state index < -0.39 is 5.91 Å². The lowest BCUT2D eigenvalue weighted by atomic mass is 10.0. The van der Waals surface area contributed by atoms with Crippen LogP contribution in [0.2, 0.25) is 0 Å². The first-order valence-corrected chi connectivity index (χ1v) is 5.74. The fraction of sp³-hybridized carbons (Fsp3) is 0.667. The Hall–Kier alpha value is -1.17. The minimum Gasteiger partial charge on any atom is -0.364 e. The molecule has 6 heteroatoms. The normalized spacial score (nSPS) is 25.9. The molecule has 1 aliphatic rings. The molecule has 0 aliphatic carbocycles. The lowest BCUT2D eigenvalue weighted by Crippen LogP contribution is -2.23. The number of primary amides is 1. The van der Waals surface area contributed by atoms with Crippen molar-refractivity contribution >= 4 is 22.4 Å². The molecule has 0 saturated carbocycles. The van der Waals surface area contributed by atoms with Gasteiger partial charge in [0, 0.05) is 24.6 Å². The lowest BCUT2D eigenvalue weighted by molar-refractivity contribution is 0.0996. The predicted molar refractivity (Wildman–Crippen MR) is 59.0 cm³/mol. The van der Waals surface area contributed by atoms with Crippen molar-refractivity contribution in [2.45, 2.75) is 13.8 Å². The molecule has 2 unspecified atom stereocenters. The Balaban J connectivity index is 2.24. The van der Waals surface area contributed by atoms with Crippen LogP contribution in [0.3, 0.4) is 0 Å². The van der Waals surface area contributed by atoms with Gasteiger partial charge in [-0.25, -0.2) is 0 Å². The maximum Gasteiger partial charge on any atom is 0.272 e. The standard InChI is InChI=1S/C9H14N4OS/c1-5-3-13(4-6(5)2)9-7(8(10)14)11-12-15-9/h5-6H,3-4H2,1-2H3,(H2,10,14). The maximum absolute atomic E-state index is 11.1. The van der Waals surface area contributed by atoms with E-state index in [1.165, 1.54) is 11.5 Å². The molecule has 2 atom stereocenters. The number of nitrogens with zero attached hydrogens (tertiary/aromatic N) is 3. The smallest absolute Gasteiger partial charge is 0.272 e. The molecule has 5 nitrogen and oxygen atoms in total. The van der Waals surface area contributed by atoms with Crippen molar-refractivity contribution < 1.29 is 4.79 Å². The first-order chi connectivity index (χ1) is 7.09. The van der Waals surface area contributed by atoms with Gasteiger partial charge in [0.1, 0.15) is 5.00 Å². The lowest BCUT2D eigenvalue weighted by Gasteiger charge is -2.15. The number of carbonyl (C=O) groups excluding carboxylic acids is 1. The summed E-state index contributed by atoms with van der Waals surface area (Å²) >= 11 is 1.24. The van der Waals surface area contributed by atoms with Gasteiger partial charge in [0.25, 0.3) is 5.91 Å². The van der Waals surface area contributed by atoms with E-state index in [9.17, 15) is 4.79 Å². The van der Waals surface area contributed by atoms with Gasteiger partial charge in [0.15, 0.2) is 5.69 Å². The Bertz CT molecular complexity index is 368. The molecule has 1 fully saturated rings. The zero-order valence-corrected chi connectivity index (χ0v) is 9.62. The number of amides is 1. The fourth-order valence-corrected chi connectivity index (χ4v) is 2.54. The monoisotopic (exact) mass is 226 g/mol. The van der Waals surface area contributed by atoms with Crippen molar-refractivity contribution in [2.75, 3.05) is 18.0 Å². The molecule has 15 heavy (non-hydrogen) atoms. The summed E-state index contributed by atoms with van der Waals surface area (Å²) < 4.78 is 3.79. The molecule has 0 bridgehead atoms.